The van der Waals surface area contributed by atoms with Crippen LogP contribution in [-0.4, -0.2) is 35.2 Å². The Hall–Kier alpha value is -0.780. The van der Waals surface area contributed by atoms with Crippen LogP contribution in [0.5, 0.6) is 0 Å². The average molecular weight is 292 g/mol. The second kappa shape index (κ2) is 6.41. The van der Waals surface area contributed by atoms with Crippen molar-refractivity contribution in [1.82, 2.24) is 5.32 Å². The molecule has 0 heterocycles. The molecule has 18 heavy (non-hydrogen) atoms. The molecule has 1 unspecified atom stereocenters. The fourth-order valence-corrected chi connectivity index (χ4v) is 2.31. The van der Waals surface area contributed by atoms with Gasteiger partial charge in [-0.25, -0.2) is 4.39 Å². The van der Waals surface area contributed by atoms with E-state index in [0.717, 1.165) is 0 Å². The van der Waals surface area contributed by atoms with E-state index < -0.39 is 17.3 Å². The molecule has 2 N–H and O–H groups in total. The lowest BCUT2D eigenvalue weighted by Gasteiger charge is -2.22. The molecule has 3 nitrogen and oxygen atoms in total. The molecule has 1 amide bonds. The fraction of sp³-hybridized carbons (Fsp3) is 0.417. The van der Waals surface area contributed by atoms with Crippen LogP contribution in [0, 0.1) is 5.82 Å². The molecule has 1 aromatic carbocycles. The number of carbonyl (C=O) groups is 1. The molecular weight excluding hydrogens is 277 g/mol. The normalized spacial score (nSPS) is 14.1. The first kappa shape index (κ1) is 15.3. The highest BCUT2D eigenvalue weighted by Crippen LogP contribution is 2.18. The van der Waals surface area contributed by atoms with Crippen LogP contribution in [0.2, 0.25) is 5.02 Å². The van der Waals surface area contributed by atoms with Gasteiger partial charge in [-0.2, -0.15) is 11.8 Å². The summed E-state index contributed by atoms with van der Waals surface area (Å²) in [6, 6.07) is 4.22. The lowest BCUT2D eigenvalue weighted by molar-refractivity contribution is 0.0722. The van der Waals surface area contributed by atoms with Crippen molar-refractivity contribution >= 4 is 29.3 Å². The smallest absolute Gasteiger partial charge is 0.254 e. The summed E-state index contributed by atoms with van der Waals surface area (Å²) < 4.78 is 13.6. The predicted molar refractivity (Wildman–Crippen MR) is 72.7 cm³/mol. The minimum absolute atomic E-state index is 0.0542. The van der Waals surface area contributed by atoms with Crippen molar-refractivity contribution in [1.29, 1.82) is 0 Å². The first-order valence-electron chi connectivity index (χ1n) is 5.31. The summed E-state index contributed by atoms with van der Waals surface area (Å²) in [5.41, 5.74) is -1.15. The van der Waals surface area contributed by atoms with Crippen molar-refractivity contribution < 1.29 is 14.3 Å². The Labute approximate surface area is 115 Å². The van der Waals surface area contributed by atoms with Crippen LogP contribution in [-0.2, 0) is 0 Å². The summed E-state index contributed by atoms with van der Waals surface area (Å²) in [4.78, 5) is 11.7. The third-order valence-electron chi connectivity index (χ3n) is 2.28. The first-order chi connectivity index (χ1) is 8.37. The van der Waals surface area contributed by atoms with Gasteiger partial charge in [-0.15, -0.1) is 0 Å². The molecule has 0 spiro atoms. The highest BCUT2D eigenvalue weighted by Gasteiger charge is 2.22. The number of halogens is 2. The molecule has 1 atom stereocenters. The average Bonchev–Trinajstić information content (AvgIpc) is 2.30. The van der Waals surface area contributed by atoms with Crippen molar-refractivity contribution in [2.75, 3.05) is 18.6 Å². The van der Waals surface area contributed by atoms with Crippen LogP contribution in [0.1, 0.15) is 17.3 Å². The van der Waals surface area contributed by atoms with Gasteiger partial charge in [0.05, 0.1) is 16.2 Å². The molecular formula is C12H15ClFNO2S. The number of nitrogens with one attached hydrogen (secondary N) is 1. The van der Waals surface area contributed by atoms with Crippen LogP contribution in [0.3, 0.4) is 0 Å². The number of hydrogen-bond donors (Lipinski definition) is 2. The number of amides is 1. The van der Waals surface area contributed by atoms with Crippen LogP contribution >= 0.6 is 23.4 Å². The standard InChI is InChI=1S/C12H15ClFNO2S/c1-12(17,7-18-2)6-15-11(16)8-4-3-5-9(13)10(8)14/h3-5,17H,6-7H2,1-2H3,(H,15,16). The lowest BCUT2D eigenvalue weighted by Crippen LogP contribution is -2.42. The zero-order valence-electron chi connectivity index (χ0n) is 10.2. The molecule has 0 aliphatic rings. The van der Waals surface area contributed by atoms with E-state index in [4.69, 9.17) is 11.6 Å². The van der Waals surface area contributed by atoms with Gasteiger partial charge in [-0.05, 0) is 25.3 Å². The monoisotopic (exact) mass is 291 g/mol. The minimum atomic E-state index is -1.02. The summed E-state index contributed by atoms with van der Waals surface area (Å²) in [6.07, 6.45) is 1.85. The number of hydrogen-bond acceptors (Lipinski definition) is 3. The molecule has 0 aliphatic heterocycles. The van der Waals surface area contributed by atoms with E-state index in [1.165, 1.54) is 30.0 Å². The van der Waals surface area contributed by atoms with Gasteiger partial charge in [-0.3, -0.25) is 4.79 Å². The maximum atomic E-state index is 13.6. The lowest BCUT2D eigenvalue weighted by atomic mass is 10.1. The van der Waals surface area contributed by atoms with Gasteiger partial charge < -0.3 is 10.4 Å². The van der Waals surface area contributed by atoms with Gasteiger partial charge in [0.1, 0.15) is 0 Å². The van der Waals surface area contributed by atoms with E-state index in [1.807, 2.05) is 6.26 Å². The second-order valence-electron chi connectivity index (χ2n) is 4.21. The highest BCUT2D eigenvalue weighted by molar-refractivity contribution is 7.98. The van der Waals surface area contributed by atoms with E-state index in [1.54, 1.807) is 6.92 Å². The van der Waals surface area contributed by atoms with Gasteiger partial charge in [-0.1, -0.05) is 17.7 Å². The Morgan fingerprint density at radius 2 is 2.28 bits per heavy atom. The molecule has 0 fully saturated rings. The number of aliphatic hydroxyl groups is 1. The predicted octanol–water partition coefficient (Wildman–Crippen LogP) is 2.32. The Kier molecular flexibility index (Phi) is 5.44. The Morgan fingerprint density at radius 3 is 2.89 bits per heavy atom. The summed E-state index contributed by atoms with van der Waals surface area (Å²) in [5, 5.41) is 12.3. The van der Waals surface area contributed by atoms with E-state index >= 15 is 0 Å². The van der Waals surface area contributed by atoms with Crippen molar-refractivity contribution in [2.45, 2.75) is 12.5 Å². The molecule has 0 radical (unpaired) electrons. The van der Waals surface area contributed by atoms with Crippen molar-refractivity contribution in [2.24, 2.45) is 0 Å². The van der Waals surface area contributed by atoms with Crippen molar-refractivity contribution in [3.8, 4) is 0 Å². The Morgan fingerprint density at radius 1 is 1.61 bits per heavy atom. The van der Waals surface area contributed by atoms with Crippen LogP contribution in [0.4, 0.5) is 4.39 Å². The van der Waals surface area contributed by atoms with E-state index in [0.29, 0.717) is 5.75 Å². The number of benzene rings is 1. The molecule has 1 rings (SSSR count). The Bertz CT molecular complexity index is 440. The SMILES string of the molecule is CSCC(C)(O)CNC(=O)c1cccc(Cl)c1F. The molecule has 6 heteroatoms. The van der Waals surface area contributed by atoms with Crippen LogP contribution < -0.4 is 5.32 Å². The molecule has 0 aliphatic carbocycles. The third kappa shape index (κ3) is 4.15. The Balaban J connectivity index is 2.69. The van der Waals surface area contributed by atoms with E-state index in [9.17, 15) is 14.3 Å². The number of carbonyl (C=O) groups excluding carboxylic acids is 1. The summed E-state index contributed by atoms with van der Waals surface area (Å²) >= 11 is 7.06. The zero-order valence-corrected chi connectivity index (χ0v) is 11.7. The molecule has 1 aromatic rings. The maximum absolute atomic E-state index is 13.6. The van der Waals surface area contributed by atoms with Gasteiger partial charge in [0.15, 0.2) is 5.82 Å². The summed E-state index contributed by atoms with van der Waals surface area (Å²) in [6.45, 7) is 1.66. The van der Waals surface area contributed by atoms with Gasteiger partial charge >= 0.3 is 0 Å². The quantitative estimate of drug-likeness (QED) is 0.875. The number of thioether (sulfide) groups is 1. The van der Waals surface area contributed by atoms with Gasteiger partial charge in [0, 0.05) is 12.3 Å². The number of rotatable bonds is 5. The van der Waals surface area contributed by atoms with Crippen molar-refractivity contribution in [3.63, 3.8) is 0 Å². The maximum Gasteiger partial charge on any atom is 0.254 e. The highest BCUT2D eigenvalue weighted by atomic mass is 35.5. The fourth-order valence-electron chi connectivity index (χ4n) is 1.41. The molecule has 0 saturated heterocycles. The molecule has 100 valence electrons. The van der Waals surface area contributed by atoms with Gasteiger partial charge in [0.2, 0.25) is 0 Å². The van der Waals surface area contributed by atoms with Gasteiger partial charge in [0.25, 0.3) is 5.91 Å². The van der Waals surface area contributed by atoms with Crippen LogP contribution in [0.25, 0.3) is 0 Å². The summed E-state index contributed by atoms with van der Waals surface area (Å²) in [7, 11) is 0. The topological polar surface area (TPSA) is 49.3 Å². The minimum Gasteiger partial charge on any atom is -0.387 e. The second-order valence-corrected chi connectivity index (χ2v) is 5.49. The van der Waals surface area contributed by atoms with E-state index in [2.05, 4.69) is 5.32 Å². The zero-order chi connectivity index (χ0) is 13.8. The summed E-state index contributed by atoms with van der Waals surface area (Å²) in [5.74, 6) is -0.858. The van der Waals surface area contributed by atoms with Crippen molar-refractivity contribution in [3.05, 3.63) is 34.6 Å². The molecule has 0 saturated carbocycles. The first-order valence-corrected chi connectivity index (χ1v) is 7.08. The largest absolute Gasteiger partial charge is 0.387 e. The molecule has 0 aromatic heterocycles. The van der Waals surface area contributed by atoms with Crippen LogP contribution in [0.15, 0.2) is 18.2 Å². The third-order valence-corrected chi connectivity index (χ3v) is 3.48. The molecule has 0 bridgehead atoms. The van der Waals surface area contributed by atoms with E-state index in [-0.39, 0.29) is 17.1 Å².